The van der Waals surface area contributed by atoms with Crippen molar-refractivity contribution in [1.82, 2.24) is 0 Å². The van der Waals surface area contributed by atoms with Crippen molar-refractivity contribution < 1.29 is 9.53 Å². The molecule has 3 nitrogen and oxygen atoms in total. The largest absolute Gasteiger partial charge is 0.487 e. The Hall–Kier alpha value is -2.26. The second-order valence-electron chi connectivity index (χ2n) is 5.18. The van der Waals surface area contributed by atoms with E-state index in [0.29, 0.717) is 23.0 Å². The first-order valence-electron chi connectivity index (χ1n) is 6.70. The summed E-state index contributed by atoms with van der Waals surface area (Å²) in [5.41, 5.74) is 4.38. The lowest BCUT2D eigenvalue weighted by molar-refractivity contribution is -0.112. The maximum absolute atomic E-state index is 12.6. The number of hydrogen-bond acceptors (Lipinski definition) is 2. The molecule has 4 rings (SSSR count). The van der Waals surface area contributed by atoms with Crippen LogP contribution in [0.2, 0.25) is 5.02 Å². The van der Waals surface area contributed by atoms with E-state index in [0.717, 1.165) is 22.4 Å². The molecule has 2 aromatic carbocycles. The van der Waals surface area contributed by atoms with Crippen molar-refractivity contribution in [3.05, 3.63) is 64.2 Å². The summed E-state index contributed by atoms with van der Waals surface area (Å²) in [4.78, 5) is 14.3. The molecule has 2 aliphatic rings. The van der Waals surface area contributed by atoms with Gasteiger partial charge in [-0.05, 0) is 18.2 Å². The molecule has 1 amide bonds. The average molecular weight is 298 g/mol. The standard InChI is InChI=1S/C17H12ClNO2/c1-19-14-7-6-11(18)8-13(14)15(17(19)20)16-12-5-3-2-4-10(12)9-21-16/h2-8H,9H2,1H3/b16-15+. The summed E-state index contributed by atoms with van der Waals surface area (Å²) >= 11 is 6.10. The number of nitrogens with zero attached hydrogens (tertiary/aromatic N) is 1. The van der Waals surface area contributed by atoms with Crippen molar-refractivity contribution in [2.24, 2.45) is 0 Å². The molecule has 0 unspecified atom stereocenters. The van der Waals surface area contributed by atoms with Gasteiger partial charge in [0.15, 0.2) is 0 Å². The lowest BCUT2D eigenvalue weighted by atomic mass is 10.0. The van der Waals surface area contributed by atoms with Crippen LogP contribution in [0.4, 0.5) is 5.69 Å². The van der Waals surface area contributed by atoms with Crippen molar-refractivity contribution in [3.63, 3.8) is 0 Å². The number of likely N-dealkylation sites (N-methyl/N-ethyl adjacent to an activating group) is 1. The Morgan fingerprint density at radius 1 is 1.14 bits per heavy atom. The molecule has 104 valence electrons. The molecule has 2 aliphatic heterocycles. The fourth-order valence-corrected chi connectivity index (χ4v) is 3.09. The van der Waals surface area contributed by atoms with Crippen molar-refractivity contribution in [3.8, 4) is 0 Å². The molecule has 0 N–H and O–H groups in total. The van der Waals surface area contributed by atoms with Gasteiger partial charge >= 0.3 is 0 Å². The van der Waals surface area contributed by atoms with Gasteiger partial charge < -0.3 is 9.64 Å². The van der Waals surface area contributed by atoms with Gasteiger partial charge in [0.1, 0.15) is 12.4 Å². The zero-order chi connectivity index (χ0) is 14.6. The number of rotatable bonds is 0. The SMILES string of the molecule is CN1C(=O)/C(=C2/OCc3ccccc32)c2cc(Cl)ccc21. The Kier molecular flexibility index (Phi) is 2.59. The summed E-state index contributed by atoms with van der Waals surface area (Å²) in [6.45, 7) is 0.502. The first kappa shape index (κ1) is 12.5. The van der Waals surface area contributed by atoms with Gasteiger partial charge in [0.25, 0.3) is 5.91 Å². The van der Waals surface area contributed by atoms with Crippen LogP contribution < -0.4 is 4.90 Å². The molecule has 21 heavy (non-hydrogen) atoms. The highest BCUT2D eigenvalue weighted by Crippen LogP contribution is 2.44. The van der Waals surface area contributed by atoms with E-state index in [1.807, 2.05) is 36.4 Å². The molecule has 2 aromatic rings. The van der Waals surface area contributed by atoms with Crippen molar-refractivity contribution in [2.45, 2.75) is 6.61 Å². The number of carbonyl (C=O) groups excluding carboxylic acids is 1. The molecule has 0 atom stereocenters. The molecule has 0 aliphatic carbocycles. The van der Waals surface area contributed by atoms with Crippen molar-refractivity contribution in [1.29, 1.82) is 0 Å². The third-order valence-electron chi connectivity index (χ3n) is 3.97. The number of hydrogen-bond donors (Lipinski definition) is 0. The van der Waals surface area contributed by atoms with E-state index in [4.69, 9.17) is 16.3 Å². The second-order valence-corrected chi connectivity index (χ2v) is 5.61. The number of amides is 1. The van der Waals surface area contributed by atoms with Crippen LogP contribution >= 0.6 is 11.6 Å². The minimum atomic E-state index is -0.0565. The van der Waals surface area contributed by atoms with Crippen LogP contribution in [0.1, 0.15) is 16.7 Å². The van der Waals surface area contributed by atoms with Crippen LogP contribution in [0.15, 0.2) is 42.5 Å². The van der Waals surface area contributed by atoms with Crippen LogP contribution in [0.25, 0.3) is 11.3 Å². The highest BCUT2D eigenvalue weighted by molar-refractivity contribution is 6.38. The van der Waals surface area contributed by atoms with E-state index in [1.54, 1.807) is 18.0 Å². The van der Waals surface area contributed by atoms with Gasteiger partial charge in [-0.2, -0.15) is 0 Å². The lowest BCUT2D eigenvalue weighted by Crippen LogP contribution is -2.20. The van der Waals surface area contributed by atoms with E-state index >= 15 is 0 Å². The second kappa shape index (κ2) is 4.37. The first-order chi connectivity index (χ1) is 10.2. The maximum atomic E-state index is 12.6. The molecule has 2 heterocycles. The highest BCUT2D eigenvalue weighted by Gasteiger charge is 2.35. The number of anilines is 1. The summed E-state index contributed by atoms with van der Waals surface area (Å²) in [5, 5.41) is 0.612. The smallest absolute Gasteiger partial charge is 0.262 e. The van der Waals surface area contributed by atoms with Gasteiger partial charge in [-0.15, -0.1) is 0 Å². The van der Waals surface area contributed by atoms with Crippen LogP contribution in [0.5, 0.6) is 0 Å². The zero-order valence-electron chi connectivity index (χ0n) is 11.4. The molecule has 0 saturated heterocycles. The lowest BCUT2D eigenvalue weighted by Gasteiger charge is -2.08. The quantitative estimate of drug-likeness (QED) is 0.694. The minimum Gasteiger partial charge on any atom is -0.487 e. The Bertz CT molecular complexity index is 810. The van der Waals surface area contributed by atoms with E-state index in [9.17, 15) is 4.79 Å². The number of benzene rings is 2. The van der Waals surface area contributed by atoms with Crippen LogP contribution in [0, 0.1) is 0 Å². The molecule has 0 aromatic heterocycles. The molecular formula is C17H12ClNO2. The Morgan fingerprint density at radius 2 is 1.95 bits per heavy atom. The number of halogens is 1. The third-order valence-corrected chi connectivity index (χ3v) is 4.20. The van der Waals surface area contributed by atoms with Gasteiger partial charge in [0.05, 0.1) is 11.3 Å². The minimum absolute atomic E-state index is 0.0565. The monoisotopic (exact) mass is 297 g/mol. The summed E-state index contributed by atoms with van der Waals surface area (Å²) < 4.78 is 5.81. The van der Waals surface area contributed by atoms with Gasteiger partial charge in [-0.3, -0.25) is 4.79 Å². The normalized spacial score (nSPS) is 19.5. The van der Waals surface area contributed by atoms with Gasteiger partial charge in [0.2, 0.25) is 0 Å². The fourth-order valence-electron chi connectivity index (χ4n) is 2.91. The number of fused-ring (bicyclic) bond motifs is 2. The number of carbonyl (C=O) groups is 1. The van der Waals surface area contributed by atoms with E-state index in [2.05, 4.69) is 0 Å². The maximum Gasteiger partial charge on any atom is 0.262 e. The highest BCUT2D eigenvalue weighted by atomic mass is 35.5. The summed E-state index contributed by atoms with van der Waals surface area (Å²) in [6.07, 6.45) is 0. The van der Waals surface area contributed by atoms with Crippen LogP contribution in [-0.2, 0) is 16.1 Å². The summed E-state index contributed by atoms with van der Waals surface area (Å²) in [7, 11) is 1.77. The molecule has 0 radical (unpaired) electrons. The van der Waals surface area contributed by atoms with Gasteiger partial charge in [0, 0.05) is 28.8 Å². The molecular weight excluding hydrogens is 286 g/mol. The fraction of sp³-hybridized carbons (Fsp3) is 0.118. The predicted octanol–water partition coefficient (Wildman–Crippen LogP) is 3.71. The van der Waals surface area contributed by atoms with E-state index in [1.165, 1.54) is 0 Å². The predicted molar refractivity (Wildman–Crippen MR) is 82.9 cm³/mol. The van der Waals surface area contributed by atoms with Crippen molar-refractivity contribution in [2.75, 3.05) is 11.9 Å². The van der Waals surface area contributed by atoms with Gasteiger partial charge in [-0.1, -0.05) is 35.9 Å². The van der Waals surface area contributed by atoms with Gasteiger partial charge in [-0.25, -0.2) is 0 Å². The average Bonchev–Trinajstić information content (AvgIpc) is 3.00. The third kappa shape index (κ3) is 1.71. The topological polar surface area (TPSA) is 29.5 Å². The Labute approximate surface area is 127 Å². The number of ether oxygens (including phenoxy) is 1. The first-order valence-corrected chi connectivity index (χ1v) is 7.08. The van der Waals surface area contributed by atoms with Crippen molar-refractivity contribution >= 4 is 34.5 Å². The molecule has 0 saturated carbocycles. The molecule has 0 spiro atoms. The van der Waals surface area contributed by atoms with E-state index < -0.39 is 0 Å². The molecule has 4 heteroatoms. The zero-order valence-corrected chi connectivity index (χ0v) is 12.1. The van der Waals surface area contributed by atoms with Crippen LogP contribution in [-0.4, -0.2) is 13.0 Å². The Morgan fingerprint density at radius 3 is 2.81 bits per heavy atom. The summed E-state index contributed by atoms with van der Waals surface area (Å²) in [5.74, 6) is 0.599. The molecule has 0 bridgehead atoms. The molecule has 0 fully saturated rings. The summed E-state index contributed by atoms with van der Waals surface area (Å²) in [6, 6.07) is 13.4. The van der Waals surface area contributed by atoms with Crippen LogP contribution in [0.3, 0.4) is 0 Å². The van der Waals surface area contributed by atoms with E-state index in [-0.39, 0.29) is 5.91 Å². The Balaban J connectivity index is 2.01.